The third-order valence-corrected chi connectivity index (χ3v) is 5.04. The second-order valence-electron chi connectivity index (χ2n) is 6.46. The molecule has 1 heterocycles. The Morgan fingerprint density at radius 3 is 2.67 bits per heavy atom. The third-order valence-electron chi connectivity index (χ3n) is 4.45. The maximum atomic E-state index is 14.7. The molecule has 7 nitrogen and oxygen atoms in total. The van der Waals surface area contributed by atoms with Crippen LogP contribution in [-0.4, -0.2) is 48.7 Å². The molecule has 0 unspecified atom stereocenters. The van der Waals surface area contributed by atoms with E-state index in [0.29, 0.717) is 4.47 Å². The van der Waals surface area contributed by atoms with Gasteiger partial charge in [-0.3, -0.25) is 4.79 Å². The van der Waals surface area contributed by atoms with E-state index in [0.717, 1.165) is 5.56 Å². The van der Waals surface area contributed by atoms with Gasteiger partial charge in [0.1, 0.15) is 12.3 Å². The summed E-state index contributed by atoms with van der Waals surface area (Å²) in [5, 5.41) is 11.9. The third kappa shape index (κ3) is 4.80. The molecule has 0 bridgehead atoms. The number of methoxy groups -OCH3 is 1. The summed E-state index contributed by atoms with van der Waals surface area (Å²) in [6, 6.07) is 12.1. The van der Waals surface area contributed by atoms with Crippen molar-refractivity contribution in [2.75, 3.05) is 32.1 Å². The van der Waals surface area contributed by atoms with Gasteiger partial charge in [0.05, 0.1) is 30.3 Å². The highest BCUT2D eigenvalue weighted by Gasteiger charge is 2.34. The maximum absolute atomic E-state index is 14.7. The van der Waals surface area contributed by atoms with Crippen LogP contribution in [0, 0.1) is 5.82 Å². The average Bonchev–Trinajstić information content (AvgIpc) is 3.03. The van der Waals surface area contributed by atoms with Gasteiger partial charge in [-0.2, -0.15) is 0 Å². The van der Waals surface area contributed by atoms with E-state index in [4.69, 9.17) is 14.6 Å². The number of ether oxygens (including phenoxy) is 2. The molecule has 0 radical (unpaired) electrons. The number of carbonyl (C=O) groups excluding carboxylic acids is 2. The predicted octanol–water partition coefficient (Wildman–Crippen LogP) is 2.84. The van der Waals surface area contributed by atoms with Crippen LogP contribution in [0.15, 0.2) is 58.2 Å². The van der Waals surface area contributed by atoms with Crippen LogP contribution in [0.5, 0.6) is 5.75 Å². The molecule has 2 N–H and O–H groups in total. The molecule has 0 aromatic heterocycles. The van der Waals surface area contributed by atoms with Gasteiger partial charge in [0.25, 0.3) is 5.91 Å². The van der Waals surface area contributed by atoms with Crippen molar-refractivity contribution in [1.29, 1.82) is 0 Å². The minimum absolute atomic E-state index is 0.00365. The molecule has 0 atom stereocenters. The highest BCUT2D eigenvalue weighted by molar-refractivity contribution is 9.10. The van der Waals surface area contributed by atoms with Crippen molar-refractivity contribution in [3.05, 3.63) is 69.6 Å². The lowest BCUT2D eigenvalue weighted by Crippen LogP contribution is -2.31. The number of halogens is 2. The van der Waals surface area contributed by atoms with Crippen LogP contribution in [-0.2, 0) is 20.9 Å². The Kier molecular flexibility index (Phi) is 7.07. The van der Waals surface area contributed by atoms with E-state index in [1.807, 2.05) is 30.3 Å². The quantitative estimate of drug-likeness (QED) is 0.567. The number of benzene rings is 2. The molecule has 2 aromatic rings. The first kappa shape index (κ1) is 21.8. The van der Waals surface area contributed by atoms with E-state index in [1.54, 1.807) is 6.07 Å². The van der Waals surface area contributed by atoms with Crippen molar-refractivity contribution in [1.82, 2.24) is 4.90 Å². The van der Waals surface area contributed by atoms with Gasteiger partial charge < -0.3 is 24.8 Å². The SMILES string of the molecule is COC(=O)C1=C(Nc2cc(F)c(OCc3ccccc3)c(Br)c2)C(=O)N(CCO)C1. The average molecular weight is 479 g/mol. The van der Waals surface area contributed by atoms with E-state index in [2.05, 4.69) is 21.2 Å². The standard InChI is InChI=1S/C21H20BrFN2O5/c1-29-21(28)15-11-25(7-8-26)20(27)18(15)24-14-9-16(22)19(17(23)10-14)30-12-13-5-3-2-4-6-13/h2-6,9-10,24,26H,7-8,11-12H2,1H3. The summed E-state index contributed by atoms with van der Waals surface area (Å²) in [6.45, 7) is 0.00162. The van der Waals surface area contributed by atoms with E-state index < -0.39 is 17.7 Å². The molecular formula is C21H20BrFN2O5. The van der Waals surface area contributed by atoms with Crippen molar-refractivity contribution in [3.63, 3.8) is 0 Å². The number of anilines is 1. The summed E-state index contributed by atoms with van der Waals surface area (Å²) < 4.78 is 25.3. The monoisotopic (exact) mass is 478 g/mol. The summed E-state index contributed by atoms with van der Waals surface area (Å²) in [4.78, 5) is 25.9. The van der Waals surface area contributed by atoms with E-state index in [1.165, 1.54) is 18.1 Å². The second kappa shape index (κ2) is 9.73. The van der Waals surface area contributed by atoms with E-state index >= 15 is 0 Å². The van der Waals surface area contributed by atoms with Gasteiger partial charge in [0.2, 0.25) is 0 Å². The lowest BCUT2D eigenvalue weighted by atomic mass is 10.2. The minimum Gasteiger partial charge on any atom is -0.485 e. The molecule has 0 spiro atoms. The van der Waals surface area contributed by atoms with Crippen LogP contribution >= 0.6 is 15.9 Å². The Balaban J connectivity index is 1.81. The summed E-state index contributed by atoms with van der Waals surface area (Å²) in [5.74, 6) is -1.76. The highest BCUT2D eigenvalue weighted by Crippen LogP contribution is 2.33. The second-order valence-corrected chi connectivity index (χ2v) is 7.32. The number of aliphatic hydroxyl groups is 1. The number of aliphatic hydroxyl groups excluding tert-OH is 1. The molecule has 2 aromatic carbocycles. The summed E-state index contributed by atoms with van der Waals surface area (Å²) in [5.41, 5.74) is 1.23. The first-order chi connectivity index (χ1) is 14.4. The van der Waals surface area contributed by atoms with Crippen molar-refractivity contribution in [3.8, 4) is 5.75 Å². The number of hydrogen-bond acceptors (Lipinski definition) is 6. The van der Waals surface area contributed by atoms with Gasteiger partial charge in [0.15, 0.2) is 11.6 Å². The first-order valence-corrected chi connectivity index (χ1v) is 9.88. The molecule has 0 saturated heterocycles. The van der Waals surface area contributed by atoms with Gasteiger partial charge >= 0.3 is 5.97 Å². The van der Waals surface area contributed by atoms with E-state index in [-0.39, 0.29) is 49.0 Å². The van der Waals surface area contributed by atoms with Crippen LogP contribution in [0.25, 0.3) is 0 Å². The molecular weight excluding hydrogens is 459 g/mol. The normalized spacial score (nSPS) is 13.6. The maximum Gasteiger partial charge on any atom is 0.337 e. The fourth-order valence-corrected chi connectivity index (χ4v) is 3.54. The van der Waals surface area contributed by atoms with Crippen molar-refractivity contribution in [2.24, 2.45) is 0 Å². The number of nitrogens with one attached hydrogen (secondary N) is 1. The smallest absolute Gasteiger partial charge is 0.337 e. The number of β-amino-alcohol motifs (C(OH)–C–C–N with tert-alkyl or cyclic N) is 1. The lowest BCUT2D eigenvalue weighted by Gasteiger charge is -2.15. The topological polar surface area (TPSA) is 88.1 Å². The van der Waals surface area contributed by atoms with Gasteiger partial charge in [0, 0.05) is 18.3 Å². The Morgan fingerprint density at radius 2 is 2.03 bits per heavy atom. The molecule has 0 saturated carbocycles. The number of rotatable bonds is 8. The molecule has 1 aliphatic rings. The molecule has 1 aliphatic heterocycles. The number of nitrogens with zero attached hydrogens (tertiary/aromatic N) is 1. The van der Waals surface area contributed by atoms with Gasteiger partial charge in [-0.25, -0.2) is 9.18 Å². The van der Waals surface area contributed by atoms with Crippen molar-refractivity contribution >= 4 is 33.5 Å². The highest BCUT2D eigenvalue weighted by atomic mass is 79.9. The molecule has 30 heavy (non-hydrogen) atoms. The number of carbonyl (C=O) groups is 2. The molecule has 1 amide bonds. The van der Waals surface area contributed by atoms with Crippen LogP contribution in [0.2, 0.25) is 0 Å². The Labute approximate surface area is 181 Å². The molecule has 0 aliphatic carbocycles. The molecule has 3 rings (SSSR count). The van der Waals surface area contributed by atoms with Crippen molar-refractivity contribution in [2.45, 2.75) is 6.61 Å². The van der Waals surface area contributed by atoms with E-state index in [9.17, 15) is 14.0 Å². The minimum atomic E-state index is -0.673. The first-order valence-electron chi connectivity index (χ1n) is 9.09. The number of amides is 1. The number of esters is 1. The molecule has 158 valence electrons. The zero-order valence-corrected chi connectivity index (χ0v) is 17.7. The van der Waals surface area contributed by atoms with Crippen LogP contribution in [0.1, 0.15) is 5.56 Å². The van der Waals surface area contributed by atoms with Crippen LogP contribution in [0.3, 0.4) is 0 Å². The summed E-state index contributed by atoms with van der Waals surface area (Å²) in [6.07, 6.45) is 0. The van der Waals surface area contributed by atoms with Crippen LogP contribution in [0.4, 0.5) is 10.1 Å². The fourth-order valence-electron chi connectivity index (χ4n) is 2.99. The predicted molar refractivity (Wildman–Crippen MR) is 111 cm³/mol. The van der Waals surface area contributed by atoms with Crippen LogP contribution < -0.4 is 10.1 Å². The largest absolute Gasteiger partial charge is 0.485 e. The lowest BCUT2D eigenvalue weighted by molar-refractivity contribution is -0.136. The zero-order chi connectivity index (χ0) is 21.7. The Bertz CT molecular complexity index is 958. The van der Waals surface area contributed by atoms with Gasteiger partial charge in [-0.05, 0) is 27.6 Å². The summed E-state index contributed by atoms with van der Waals surface area (Å²) in [7, 11) is 1.21. The Hall–Kier alpha value is -2.91. The summed E-state index contributed by atoms with van der Waals surface area (Å²) >= 11 is 3.29. The zero-order valence-electron chi connectivity index (χ0n) is 16.2. The van der Waals surface area contributed by atoms with Crippen molar-refractivity contribution < 1.29 is 28.6 Å². The van der Waals surface area contributed by atoms with Gasteiger partial charge in [-0.1, -0.05) is 30.3 Å². The number of hydrogen-bond donors (Lipinski definition) is 2. The van der Waals surface area contributed by atoms with Gasteiger partial charge in [-0.15, -0.1) is 0 Å². The molecule has 9 heteroatoms. The molecule has 0 fully saturated rings. The Morgan fingerprint density at radius 1 is 1.30 bits per heavy atom. The fraction of sp³-hybridized carbons (Fsp3) is 0.238.